The molecule has 0 amide bonds. The average molecular weight is 420 g/mol. The van der Waals surface area contributed by atoms with Crippen LogP contribution in [0.2, 0.25) is 0 Å². The first-order chi connectivity index (χ1) is 12.5. The largest absolute Gasteiger partial charge is 0.493 e. The van der Waals surface area contributed by atoms with E-state index in [-0.39, 0.29) is 0 Å². The molecule has 0 saturated carbocycles. The fourth-order valence-corrected chi connectivity index (χ4v) is 4.06. The molecule has 3 rings (SSSR count). The summed E-state index contributed by atoms with van der Waals surface area (Å²) in [5.74, 6) is 1.55. The Morgan fingerprint density at radius 3 is 2.31 bits per heavy atom. The Bertz CT molecular complexity index is 771. The molecule has 1 saturated heterocycles. The monoisotopic (exact) mass is 419 g/mol. The van der Waals surface area contributed by atoms with E-state index < -0.39 is 0 Å². The number of piperazine rings is 1. The van der Waals surface area contributed by atoms with Crippen LogP contribution in [0.3, 0.4) is 0 Å². The number of ether oxygens (including phenoxy) is 2. The minimum absolute atomic E-state index is 0.762. The molecule has 1 fully saturated rings. The van der Waals surface area contributed by atoms with Gasteiger partial charge in [0.2, 0.25) is 0 Å². The van der Waals surface area contributed by atoms with Gasteiger partial charge in [-0.3, -0.25) is 0 Å². The first-order valence-electron chi connectivity index (χ1n) is 9.08. The Morgan fingerprint density at radius 1 is 1.00 bits per heavy atom. The second kappa shape index (κ2) is 8.31. The van der Waals surface area contributed by atoms with Crippen LogP contribution < -0.4 is 19.3 Å². The van der Waals surface area contributed by atoms with Crippen molar-refractivity contribution in [2.24, 2.45) is 0 Å². The maximum absolute atomic E-state index is 5.46. The quantitative estimate of drug-likeness (QED) is 0.806. The first kappa shape index (κ1) is 19.1. The van der Waals surface area contributed by atoms with Gasteiger partial charge in [-0.1, -0.05) is 28.1 Å². The van der Waals surface area contributed by atoms with Gasteiger partial charge in [0.25, 0.3) is 0 Å². The lowest BCUT2D eigenvalue weighted by atomic mass is 10.1. The standard InChI is InChI=1S/C21H27BrN2O2/c1-15-5-6-16(2)19(11-15)24-9-7-23(8-10-24)14-17-12-20(25-3)21(26-4)13-18(17)22/h5-6,11-13H,7-10,14H2,1-4H3/p+1. The predicted octanol–water partition coefficient (Wildman–Crippen LogP) is 2.99. The third kappa shape index (κ3) is 4.15. The first-order valence-corrected chi connectivity index (χ1v) is 9.87. The van der Waals surface area contributed by atoms with Crippen molar-refractivity contribution in [1.29, 1.82) is 0 Å². The highest BCUT2D eigenvalue weighted by atomic mass is 79.9. The zero-order valence-corrected chi connectivity index (χ0v) is 17.6. The van der Waals surface area contributed by atoms with Gasteiger partial charge in [-0.25, -0.2) is 0 Å². The summed E-state index contributed by atoms with van der Waals surface area (Å²) < 4.78 is 11.9. The maximum atomic E-state index is 5.46. The highest BCUT2D eigenvalue weighted by molar-refractivity contribution is 9.10. The van der Waals surface area contributed by atoms with Crippen molar-refractivity contribution >= 4 is 21.6 Å². The van der Waals surface area contributed by atoms with Crippen molar-refractivity contribution in [3.8, 4) is 11.5 Å². The summed E-state index contributed by atoms with van der Waals surface area (Å²) in [4.78, 5) is 4.12. The van der Waals surface area contributed by atoms with Crippen LogP contribution in [0.4, 0.5) is 5.69 Å². The lowest BCUT2D eigenvalue weighted by Crippen LogP contribution is -3.13. The molecule has 4 nitrogen and oxygen atoms in total. The molecule has 5 heteroatoms. The normalized spacial score (nSPS) is 15.2. The van der Waals surface area contributed by atoms with Crippen LogP contribution in [0.5, 0.6) is 11.5 Å². The van der Waals surface area contributed by atoms with Gasteiger partial charge in [-0.15, -0.1) is 0 Å². The fourth-order valence-electron chi connectivity index (χ4n) is 3.60. The molecular weight excluding hydrogens is 392 g/mol. The van der Waals surface area contributed by atoms with E-state index in [1.54, 1.807) is 19.1 Å². The Balaban J connectivity index is 1.67. The molecule has 1 N–H and O–H groups in total. The molecule has 0 bridgehead atoms. The van der Waals surface area contributed by atoms with Crippen LogP contribution in [-0.4, -0.2) is 40.4 Å². The molecule has 0 atom stereocenters. The molecule has 0 aliphatic carbocycles. The number of benzene rings is 2. The molecule has 1 aliphatic heterocycles. The Morgan fingerprint density at radius 2 is 1.65 bits per heavy atom. The van der Waals surface area contributed by atoms with Crippen LogP contribution >= 0.6 is 15.9 Å². The number of hydrogen-bond donors (Lipinski definition) is 1. The Kier molecular flexibility index (Phi) is 6.09. The van der Waals surface area contributed by atoms with Crippen LogP contribution in [-0.2, 0) is 6.54 Å². The number of nitrogens with zero attached hydrogens (tertiary/aromatic N) is 1. The molecule has 2 aromatic rings. The van der Waals surface area contributed by atoms with Crippen LogP contribution in [0, 0.1) is 13.8 Å². The minimum atomic E-state index is 0.762. The molecule has 140 valence electrons. The summed E-state index contributed by atoms with van der Waals surface area (Å²) in [5.41, 5.74) is 5.34. The highest BCUT2D eigenvalue weighted by Gasteiger charge is 2.23. The van der Waals surface area contributed by atoms with Gasteiger partial charge in [-0.2, -0.15) is 0 Å². The molecule has 0 radical (unpaired) electrons. The number of nitrogens with one attached hydrogen (secondary N) is 1. The van der Waals surface area contributed by atoms with E-state index in [1.807, 2.05) is 6.07 Å². The van der Waals surface area contributed by atoms with E-state index in [9.17, 15) is 0 Å². The van der Waals surface area contributed by atoms with E-state index in [4.69, 9.17) is 9.47 Å². The predicted molar refractivity (Wildman–Crippen MR) is 110 cm³/mol. The molecule has 26 heavy (non-hydrogen) atoms. The number of hydrogen-bond acceptors (Lipinski definition) is 3. The number of quaternary nitrogens is 1. The minimum Gasteiger partial charge on any atom is -0.493 e. The third-order valence-corrected chi connectivity index (χ3v) is 5.91. The van der Waals surface area contributed by atoms with Crippen molar-refractivity contribution in [3.05, 3.63) is 51.5 Å². The molecule has 0 aromatic heterocycles. The summed E-state index contributed by atoms with van der Waals surface area (Å²) in [6.45, 7) is 9.80. The van der Waals surface area contributed by atoms with Gasteiger partial charge in [0, 0.05) is 15.7 Å². The lowest BCUT2D eigenvalue weighted by molar-refractivity contribution is -0.914. The summed E-state index contributed by atoms with van der Waals surface area (Å²) >= 11 is 3.68. The van der Waals surface area contributed by atoms with Gasteiger partial charge in [0.05, 0.1) is 40.4 Å². The van der Waals surface area contributed by atoms with Crippen molar-refractivity contribution in [2.45, 2.75) is 20.4 Å². The maximum Gasteiger partial charge on any atom is 0.161 e. The number of halogens is 1. The van der Waals surface area contributed by atoms with Crippen molar-refractivity contribution in [3.63, 3.8) is 0 Å². The molecular formula is C21H28BrN2O2+. The van der Waals surface area contributed by atoms with Crippen LogP contribution in [0.25, 0.3) is 0 Å². The summed E-state index contributed by atoms with van der Waals surface area (Å²) in [5, 5.41) is 0. The second-order valence-electron chi connectivity index (χ2n) is 7.00. The van der Waals surface area contributed by atoms with E-state index in [1.165, 1.54) is 22.4 Å². The smallest absolute Gasteiger partial charge is 0.161 e. The molecule has 1 aliphatic rings. The fraction of sp³-hybridized carbons (Fsp3) is 0.429. The summed E-state index contributed by atoms with van der Waals surface area (Å²) in [7, 11) is 3.35. The molecule has 1 heterocycles. The SMILES string of the molecule is COc1cc(Br)c(C[NH+]2CCN(c3cc(C)ccc3C)CC2)cc1OC. The number of rotatable bonds is 5. The third-order valence-electron chi connectivity index (χ3n) is 5.17. The van der Waals surface area contributed by atoms with Crippen LogP contribution in [0.15, 0.2) is 34.8 Å². The molecule has 2 aromatic carbocycles. The van der Waals surface area contributed by atoms with Crippen molar-refractivity contribution in [1.82, 2.24) is 0 Å². The topological polar surface area (TPSA) is 26.1 Å². The van der Waals surface area contributed by atoms with Gasteiger partial charge < -0.3 is 19.3 Å². The van der Waals surface area contributed by atoms with Gasteiger partial charge in [0.15, 0.2) is 11.5 Å². The van der Waals surface area contributed by atoms with Crippen LogP contribution in [0.1, 0.15) is 16.7 Å². The van der Waals surface area contributed by atoms with E-state index in [2.05, 4.69) is 58.9 Å². The van der Waals surface area contributed by atoms with Crippen molar-refractivity contribution in [2.75, 3.05) is 45.3 Å². The highest BCUT2D eigenvalue weighted by Crippen LogP contribution is 2.33. The Hall–Kier alpha value is -1.72. The number of aryl methyl sites for hydroxylation is 2. The zero-order chi connectivity index (χ0) is 18.7. The Labute approximate surface area is 164 Å². The molecule has 0 unspecified atom stereocenters. The summed E-state index contributed by atoms with van der Waals surface area (Å²) in [6.07, 6.45) is 0. The van der Waals surface area contributed by atoms with Gasteiger partial charge >= 0.3 is 0 Å². The number of anilines is 1. The average Bonchev–Trinajstić information content (AvgIpc) is 2.65. The van der Waals surface area contributed by atoms with E-state index >= 15 is 0 Å². The summed E-state index contributed by atoms with van der Waals surface area (Å²) in [6, 6.07) is 10.8. The van der Waals surface area contributed by atoms with Crippen molar-refractivity contribution < 1.29 is 14.4 Å². The lowest BCUT2D eigenvalue weighted by Gasteiger charge is -2.34. The van der Waals surface area contributed by atoms with E-state index in [0.717, 1.165) is 48.7 Å². The number of methoxy groups -OCH3 is 2. The van der Waals surface area contributed by atoms with E-state index in [0.29, 0.717) is 0 Å². The molecule has 0 spiro atoms. The second-order valence-corrected chi connectivity index (χ2v) is 7.86. The zero-order valence-electron chi connectivity index (χ0n) is 16.1. The van der Waals surface area contributed by atoms with Gasteiger partial charge in [-0.05, 0) is 43.2 Å². The van der Waals surface area contributed by atoms with Gasteiger partial charge in [0.1, 0.15) is 6.54 Å².